The lowest BCUT2D eigenvalue weighted by atomic mass is 10.1. The molecule has 0 spiro atoms. The first-order valence-corrected chi connectivity index (χ1v) is 8.53. The molecule has 0 aromatic heterocycles. The highest BCUT2D eigenvalue weighted by molar-refractivity contribution is 6.30. The Hall–Kier alpha value is -2.80. The summed E-state index contributed by atoms with van der Waals surface area (Å²) in [6, 6.07) is 13.3. The number of benzene rings is 2. The summed E-state index contributed by atoms with van der Waals surface area (Å²) in [5.74, 6) is 1.26. The van der Waals surface area contributed by atoms with E-state index < -0.39 is 6.17 Å². The van der Waals surface area contributed by atoms with E-state index in [1.165, 1.54) is 12.1 Å². The number of nitrogens with two attached hydrogens (primary N) is 1. The van der Waals surface area contributed by atoms with Crippen LogP contribution in [0.25, 0.3) is 0 Å². The second-order valence-corrected chi connectivity index (χ2v) is 6.06. The van der Waals surface area contributed by atoms with Crippen molar-refractivity contribution in [3.63, 3.8) is 0 Å². The minimum absolute atomic E-state index is 0.259. The molecule has 0 radical (unpaired) electrons. The van der Waals surface area contributed by atoms with Crippen molar-refractivity contribution in [1.82, 2.24) is 10.6 Å². The van der Waals surface area contributed by atoms with E-state index in [2.05, 4.69) is 20.6 Å². The molecular formula is C18H19ClFN5O. The number of rotatable bonds is 6. The van der Waals surface area contributed by atoms with Gasteiger partial charge in [0.05, 0.1) is 6.61 Å². The maximum atomic E-state index is 13.1. The average Bonchev–Trinajstić information content (AvgIpc) is 2.63. The number of ether oxygens (including phenoxy) is 1. The van der Waals surface area contributed by atoms with E-state index in [0.29, 0.717) is 24.1 Å². The molecule has 0 aliphatic carbocycles. The summed E-state index contributed by atoms with van der Waals surface area (Å²) in [7, 11) is 0. The first kappa shape index (κ1) is 18.0. The van der Waals surface area contributed by atoms with Crippen molar-refractivity contribution in [3.05, 3.63) is 64.9 Å². The third-order valence-corrected chi connectivity index (χ3v) is 3.88. The molecule has 1 unspecified atom stereocenters. The molecule has 1 aliphatic rings. The molecular weight excluding hydrogens is 357 g/mol. The number of halogens is 2. The fourth-order valence-electron chi connectivity index (χ4n) is 2.35. The molecule has 0 saturated carbocycles. The maximum Gasteiger partial charge on any atom is 0.200 e. The molecule has 26 heavy (non-hydrogen) atoms. The van der Waals surface area contributed by atoms with Crippen LogP contribution in [0, 0.1) is 5.82 Å². The fourth-order valence-corrected chi connectivity index (χ4v) is 2.48. The molecule has 136 valence electrons. The number of nitrogens with one attached hydrogen (secondary N) is 2. The van der Waals surface area contributed by atoms with Gasteiger partial charge in [0.25, 0.3) is 0 Å². The Morgan fingerprint density at radius 2 is 1.88 bits per heavy atom. The van der Waals surface area contributed by atoms with Crippen molar-refractivity contribution in [1.29, 1.82) is 0 Å². The van der Waals surface area contributed by atoms with Crippen molar-refractivity contribution in [3.8, 4) is 5.75 Å². The third kappa shape index (κ3) is 5.10. The van der Waals surface area contributed by atoms with E-state index in [0.717, 1.165) is 17.7 Å². The Bertz CT molecular complexity index is 792. The molecule has 1 aliphatic heterocycles. The highest BCUT2D eigenvalue weighted by Crippen LogP contribution is 2.17. The lowest BCUT2D eigenvalue weighted by Gasteiger charge is -2.24. The van der Waals surface area contributed by atoms with Gasteiger partial charge >= 0.3 is 0 Å². The van der Waals surface area contributed by atoms with Gasteiger partial charge in [0.1, 0.15) is 11.6 Å². The zero-order valence-corrected chi connectivity index (χ0v) is 14.7. The minimum atomic E-state index is -0.402. The smallest absolute Gasteiger partial charge is 0.200 e. The van der Waals surface area contributed by atoms with Gasteiger partial charge in [-0.15, -0.1) is 0 Å². The van der Waals surface area contributed by atoms with Crippen LogP contribution >= 0.6 is 11.6 Å². The lowest BCUT2D eigenvalue weighted by molar-refractivity contribution is 0.313. The largest absolute Gasteiger partial charge is 0.494 e. The summed E-state index contributed by atoms with van der Waals surface area (Å²) in [6.45, 7) is 1.08. The Morgan fingerprint density at radius 3 is 2.62 bits per heavy atom. The minimum Gasteiger partial charge on any atom is -0.494 e. The van der Waals surface area contributed by atoms with Gasteiger partial charge in [-0.1, -0.05) is 23.7 Å². The molecule has 6 nitrogen and oxygen atoms in total. The van der Waals surface area contributed by atoms with Gasteiger partial charge in [-0.05, 0) is 42.0 Å². The first-order valence-electron chi connectivity index (χ1n) is 8.15. The SMILES string of the molecule is NC1=NC(c2ccc(F)cc2)NC(=NCCCOc2ccc(Cl)cc2)N1. The quantitative estimate of drug-likeness (QED) is 0.678. The van der Waals surface area contributed by atoms with E-state index >= 15 is 0 Å². The Kier molecular flexibility index (Phi) is 5.91. The summed E-state index contributed by atoms with van der Waals surface area (Å²) in [5, 5.41) is 6.68. The van der Waals surface area contributed by atoms with Crippen LogP contribution in [-0.4, -0.2) is 25.1 Å². The van der Waals surface area contributed by atoms with Gasteiger partial charge in [0.15, 0.2) is 18.1 Å². The van der Waals surface area contributed by atoms with Crippen LogP contribution in [0.5, 0.6) is 5.75 Å². The van der Waals surface area contributed by atoms with Crippen molar-refractivity contribution < 1.29 is 9.13 Å². The second kappa shape index (κ2) is 8.53. The van der Waals surface area contributed by atoms with Gasteiger partial charge in [0.2, 0.25) is 0 Å². The third-order valence-electron chi connectivity index (χ3n) is 3.63. The predicted molar refractivity (Wildman–Crippen MR) is 101 cm³/mol. The van der Waals surface area contributed by atoms with Crippen molar-refractivity contribution >= 4 is 23.5 Å². The summed E-state index contributed by atoms with van der Waals surface area (Å²) in [4.78, 5) is 8.69. The molecule has 4 N–H and O–H groups in total. The van der Waals surface area contributed by atoms with E-state index in [4.69, 9.17) is 22.1 Å². The van der Waals surface area contributed by atoms with Crippen LogP contribution in [0.2, 0.25) is 5.02 Å². The van der Waals surface area contributed by atoms with Gasteiger partial charge in [-0.25, -0.2) is 9.38 Å². The molecule has 0 bridgehead atoms. The number of nitrogens with zero attached hydrogens (tertiary/aromatic N) is 2. The monoisotopic (exact) mass is 375 g/mol. The van der Waals surface area contributed by atoms with Crippen LogP contribution in [0.1, 0.15) is 18.2 Å². The summed E-state index contributed by atoms with van der Waals surface area (Å²) in [6.07, 6.45) is 0.328. The number of hydrogen-bond donors (Lipinski definition) is 3. The highest BCUT2D eigenvalue weighted by atomic mass is 35.5. The summed E-state index contributed by atoms with van der Waals surface area (Å²) < 4.78 is 18.7. The fraction of sp³-hybridized carbons (Fsp3) is 0.222. The molecule has 3 rings (SSSR count). The standard InChI is InChI=1S/C18H19ClFN5O/c19-13-4-8-15(9-5-13)26-11-1-10-22-18-24-16(23-17(21)25-18)12-2-6-14(20)7-3-12/h2-9,16H,1,10-11H2,(H4,21,22,23,24,25). The molecule has 2 aromatic carbocycles. The maximum absolute atomic E-state index is 13.1. The van der Waals surface area contributed by atoms with E-state index in [1.54, 1.807) is 24.3 Å². The highest BCUT2D eigenvalue weighted by Gasteiger charge is 2.18. The van der Waals surface area contributed by atoms with Crippen molar-refractivity contribution in [2.24, 2.45) is 15.7 Å². The van der Waals surface area contributed by atoms with Gasteiger partial charge in [-0.3, -0.25) is 10.3 Å². The zero-order valence-electron chi connectivity index (χ0n) is 14.0. The second-order valence-electron chi connectivity index (χ2n) is 5.62. The average molecular weight is 376 g/mol. The van der Waals surface area contributed by atoms with Crippen molar-refractivity contribution in [2.75, 3.05) is 13.2 Å². The molecule has 0 saturated heterocycles. The van der Waals surface area contributed by atoms with Gasteiger partial charge < -0.3 is 15.8 Å². The predicted octanol–water partition coefficient (Wildman–Crippen LogP) is 2.81. The summed E-state index contributed by atoms with van der Waals surface area (Å²) >= 11 is 5.83. The molecule has 1 heterocycles. The molecule has 8 heteroatoms. The molecule has 2 aromatic rings. The number of hydrogen-bond acceptors (Lipinski definition) is 4. The van der Waals surface area contributed by atoms with Crippen LogP contribution in [0.4, 0.5) is 4.39 Å². The molecule has 1 atom stereocenters. The van der Waals surface area contributed by atoms with Gasteiger partial charge in [0, 0.05) is 18.0 Å². The number of guanidine groups is 2. The Morgan fingerprint density at radius 1 is 1.15 bits per heavy atom. The number of aliphatic imine (C=N–C) groups is 2. The Labute approximate surface area is 155 Å². The van der Waals surface area contributed by atoms with E-state index in [-0.39, 0.29) is 11.8 Å². The summed E-state index contributed by atoms with van der Waals surface area (Å²) in [5.41, 5.74) is 6.61. The molecule has 0 amide bonds. The molecule has 0 fully saturated rings. The van der Waals surface area contributed by atoms with Crippen LogP contribution < -0.4 is 21.1 Å². The first-order chi connectivity index (χ1) is 12.6. The topological polar surface area (TPSA) is 84.0 Å². The van der Waals surface area contributed by atoms with E-state index in [1.807, 2.05) is 12.1 Å². The van der Waals surface area contributed by atoms with Gasteiger partial charge in [-0.2, -0.15) is 0 Å². The van der Waals surface area contributed by atoms with Crippen molar-refractivity contribution in [2.45, 2.75) is 12.6 Å². The Balaban J connectivity index is 1.50. The van der Waals surface area contributed by atoms with E-state index in [9.17, 15) is 4.39 Å². The lowest BCUT2D eigenvalue weighted by Crippen LogP contribution is -2.50. The van der Waals surface area contributed by atoms with Crippen LogP contribution in [0.3, 0.4) is 0 Å². The van der Waals surface area contributed by atoms with Crippen LogP contribution in [-0.2, 0) is 0 Å². The van der Waals surface area contributed by atoms with Crippen LogP contribution in [0.15, 0.2) is 58.5 Å². The zero-order chi connectivity index (χ0) is 18.4. The normalized spacial score (nSPS) is 18.0.